The molecule has 0 radical (unpaired) electrons. The molecule has 0 unspecified atom stereocenters. The molecule has 1 aromatic heterocycles. The highest BCUT2D eigenvalue weighted by molar-refractivity contribution is 6.18. The lowest BCUT2D eigenvalue weighted by Crippen LogP contribution is -2.27. The first-order valence-electron chi connectivity index (χ1n) is 9.95. The monoisotopic (exact) mass is 408 g/mol. The average molecular weight is 408 g/mol. The van der Waals surface area contributed by atoms with E-state index in [2.05, 4.69) is 0 Å². The standard InChI is InChI=1S/C26H20N2O3/c1-17-22(16-27)25(30)28(15-14-18-8-3-2-4-9-18)26(31)23(17)24(29)21-13-7-11-19-10-5-6-12-20(19)21/h2-13,31H,14-15H2,1H3. The third kappa shape index (κ3) is 3.60. The highest BCUT2D eigenvalue weighted by atomic mass is 16.3. The molecule has 0 saturated heterocycles. The molecule has 0 aliphatic rings. The molecule has 1 N–H and O–H groups in total. The fourth-order valence-corrected chi connectivity index (χ4v) is 3.87. The summed E-state index contributed by atoms with van der Waals surface area (Å²) in [7, 11) is 0. The third-order valence-corrected chi connectivity index (χ3v) is 5.53. The van der Waals surface area contributed by atoms with Gasteiger partial charge in [0, 0.05) is 12.1 Å². The van der Waals surface area contributed by atoms with Crippen molar-refractivity contribution in [1.82, 2.24) is 4.57 Å². The summed E-state index contributed by atoms with van der Waals surface area (Å²) in [5, 5.41) is 22.2. The number of aromatic nitrogens is 1. The number of aromatic hydroxyl groups is 1. The summed E-state index contributed by atoms with van der Waals surface area (Å²) in [6.45, 7) is 1.68. The molecule has 0 aliphatic heterocycles. The maximum Gasteiger partial charge on any atom is 0.271 e. The Bertz CT molecular complexity index is 1390. The van der Waals surface area contributed by atoms with Crippen LogP contribution in [0.5, 0.6) is 5.88 Å². The minimum Gasteiger partial charge on any atom is -0.494 e. The Kier molecular flexibility index (Phi) is 5.38. The quantitative estimate of drug-likeness (QED) is 0.497. The van der Waals surface area contributed by atoms with Gasteiger partial charge in [-0.05, 0) is 35.2 Å². The summed E-state index contributed by atoms with van der Waals surface area (Å²) >= 11 is 0. The molecule has 0 saturated carbocycles. The van der Waals surface area contributed by atoms with Crippen molar-refractivity contribution >= 4 is 16.6 Å². The molecule has 0 aliphatic carbocycles. The number of hydrogen-bond acceptors (Lipinski definition) is 4. The molecule has 152 valence electrons. The largest absolute Gasteiger partial charge is 0.494 e. The Morgan fingerprint density at radius 3 is 2.42 bits per heavy atom. The van der Waals surface area contributed by atoms with Gasteiger partial charge in [-0.1, -0.05) is 72.8 Å². The average Bonchev–Trinajstić information content (AvgIpc) is 2.79. The molecule has 0 bridgehead atoms. The molecule has 0 fully saturated rings. The van der Waals surface area contributed by atoms with Crippen LogP contribution in [0.15, 0.2) is 77.6 Å². The fraction of sp³-hybridized carbons (Fsp3) is 0.115. The van der Waals surface area contributed by atoms with E-state index in [1.54, 1.807) is 12.1 Å². The molecule has 3 aromatic carbocycles. The zero-order valence-electron chi connectivity index (χ0n) is 17.0. The van der Waals surface area contributed by atoms with Gasteiger partial charge in [0.1, 0.15) is 11.6 Å². The van der Waals surface area contributed by atoms with Crippen LogP contribution in [0.1, 0.15) is 32.6 Å². The molecular formula is C26H20N2O3. The number of hydrogen-bond donors (Lipinski definition) is 1. The van der Waals surface area contributed by atoms with Gasteiger partial charge in [0.25, 0.3) is 5.56 Å². The Morgan fingerprint density at radius 2 is 1.68 bits per heavy atom. The molecule has 4 aromatic rings. The number of aryl methyl sites for hydroxylation is 1. The van der Waals surface area contributed by atoms with E-state index < -0.39 is 17.2 Å². The van der Waals surface area contributed by atoms with Crippen molar-refractivity contribution in [2.75, 3.05) is 0 Å². The van der Waals surface area contributed by atoms with E-state index in [-0.39, 0.29) is 23.2 Å². The summed E-state index contributed by atoms with van der Waals surface area (Å²) in [6.07, 6.45) is 0.476. The maximum absolute atomic E-state index is 13.5. The number of nitrogens with zero attached hydrogens (tertiary/aromatic N) is 2. The highest BCUT2D eigenvalue weighted by Crippen LogP contribution is 2.28. The van der Waals surface area contributed by atoms with Gasteiger partial charge in [0.15, 0.2) is 5.78 Å². The number of benzene rings is 3. The summed E-state index contributed by atoms with van der Waals surface area (Å²) in [4.78, 5) is 26.4. The van der Waals surface area contributed by atoms with Gasteiger partial charge in [-0.2, -0.15) is 5.26 Å². The van der Waals surface area contributed by atoms with E-state index in [9.17, 15) is 20.0 Å². The van der Waals surface area contributed by atoms with Crippen LogP contribution in [0.25, 0.3) is 10.8 Å². The molecule has 31 heavy (non-hydrogen) atoms. The Hall–Kier alpha value is -4.17. The predicted molar refractivity (Wildman–Crippen MR) is 119 cm³/mol. The molecule has 0 amide bonds. The summed E-state index contributed by atoms with van der Waals surface area (Å²) < 4.78 is 1.12. The van der Waals surface area contributed by atoms with E-state index in [4.69, 9.17) is 0 Å². The van der Waals surface area contributed by atoms with Crippen molar-refractivity contribution < 1.29 is 9.90 Å². The van der Waals surface area contributed by atoms with Gasteiger partial charge in [-0.15, -0.1) is 0 Å². The third-order valence-electron chi connectivity index (χ3n) is 5.53. The zero-order valence-corrected chi connectivity index (χ0v) is 17.0. The lowest BCUT2D eigenvalue weighted by Gasteiger charge is -2.16. The van der Waals surface area contributed by atoms with Crippen LogP contribution < -0.4 is 5.56 Å². The lowest BCUT2D eigenvalue weighted by atomic mass is 9.94. The van der Waals surface area contributed by atoms with E-state index >= 15 is 0 Å². The molecule has 5 nitrogen and oxygen atoms in total. The van der Waals surface area contributed by atoms with Crippen molar-refractivity contribution in [2.45, 2.75) is 19.9 Å². The molecule has 0 atom stereocenters. The van der Waals surface area contributed by atoms with Gasteiger partial charge >= 0.3 is 0 Å². The molecule has 4 rings (SSSR count). The van der Waals surface area contributed by atoms with E-state index in [1.165, 1.54) is 6.92 Å². The van der Waals surface area contributed by atoms with Crippen LogP contribution in [0.3, 0.4) is 0 Å². The Balaban J connectivity index is 1.86. The van der Waals surface area contributed by atoms with Crippen molar-refractivity contribution in [3.8, 4) is 11.9 Å². The second-order valence-corrected chi connectivity index (χ2v) is 7.36. The Labute approximate surface area is 179 Å². The number of carbonyl (C=O) groups is 1. The highest BCUT2D eigenvalue weighted by Gasteiger charge is 2.25. The number of carbonyl (C=O) groups excluding carboxylic acids is 1. The predicted octanol–water partition coefficient (Wildman–Crippen LogP) is 4.36. The van der Waals surface area contributed by atoms with Crippen molar-refractivity contribution in [3.63, 3.8) is 0 Å². The molecule has 1 heterocycles. The van der Waals surface area contributed by atoms with Gasteiger partial charge in [0.05, 0.1) is 5.56 Å². The SMILES string of the molecule is Cc1c(C(=O)c2cccc3ccccc23)c(O)n(CCc2ccccc2)c(=O)c1C#N. The summed E-state index contributed by atoms with van der Waals surface area (Å²) in [6, 6.07) is 24.3. The van der Waals surface area contributed by atoms with Crippen LogP contribution in [-0.4, -0.2) is 15.5 Å². The van der Waals surface area contributed by atoms with Crippen molar-refractivity contribution in [3.05, 3.63) is 111 Å². The number of nitriles is 1. The van der Waals surface area contributed by atoms with E-state index in [0.717, 1.165) is 20.9 Å². The van der Waals surface area contributed by atoms with Crippen LogP contribution in [0, 0.1) is 18.3 Å². The summed E-state index contributed by atoms with van der Waals surface area (Å²) in [5.41, 5.74) is 0.847. The smallest absolute Gasteiger partial charge is 0.271 e. The second kappa shape index (κ2) is 8.29. The van der Waals surface area contributed by atoms with Crippen LogP contribution in [0.2, 0.25) is 0 Å². The van der Waals surface area contributed by atoms with Crippen LogP contribution >= 0.6 is 0 Å². The Morgan fingerprint density at radius 1 is 1.00 bits per heavy atom. The molecular weight excluding hydrogens is 388 g/mol. The van der Waals surface area contributed by atoms with Crippen LogP contribution in [0.4, 0.5) is 0 Å². The number of ketones is 1. The minimum atomic E-state index is -0.595. The normalized spacial score (nSPS) is 10.7. The van der Waals surface area contributed by atoms with Crippen molar-refractivity contribution in [1.29, 1.82) is 5.26 Å². The number of fused-ring (bicyclic) bond motifs is 1. The zero-order chi connectivity index (χ0) is 22.0. The number of rotatable bonds is 5. The first-order valence-corrected chi connectivity index (χ1v) is 9.95. The summed E-state index contributed by atoms with van der Waals surface area (Å²) in [5.74, 6) is -0.827. The topological polar surface area (TPSA) is 83.1 Å². The van der Waals surface area contributed by atoms with E-state index in [0.29, 0.717) is 12.0 Å². The van der Waals surface area contributed by atoms with Gasteiger partial charge in [-0.3, -0.25) is 14.2 Å². The molecule has 0 spiro atoms. The molecule has 5 heteroatoms. The van der Waals surface area contributed by atoms with E-state index in [1.807, 2.05) is 66.7 Å². The first-order chi connectivity index (χ1) is 15.0. The first kappa shape index (κ1) is 20.1. The lowest BCUT2D eigenvalue weighted by molar-refractivity contribution is 0.103. The van der Waals surface area contributed by atoms with Crippen LogP contribution in [-0.2, 0) is 13.0 Å². The number of pyridine rings is 1. The fourth-order valence-electron chi connectivity index (χ4n) is 3.87. The van der Waals surface area contributed by atoms with Gasteiger partial charge in [-0.25, -0.2) is 0 Å². The van der Waals surface area contributed by atoms with Gasteiger partial charge in [0.2, 0.25) is 5.88 Å². The second-order valence-electron chi connectivity index (χ2n) is 7.36. The van der Waals surface area contributed by atoms with Gasteiger partial charge < -0.3 is 5.11 Å². The maximum atomic E-state index is 13.5. The van der Waals surface area contributed by atoms with Crippen molar-refractivity contribution in [2.24, 2.45) is 0 Å². The minimum absolute atomic E-state index is 0.0134.